The fourth-order valence-electron chi connectivity index (χ4n) is 4.12. The van der Waals surface area contributed by atoms with Crippen molar-refractivity contribution in [3.05, 3.63) is 30.4 Å². The van der Waals surface area contributed by atoms with Gasteiger partial charge in [-0.15, -0.1) is 0 Å². The number of nitrogens with two attached hydrogens (primary N) is 1. The number of hydrogen-bond acceptors (Lipinski definition) is 5. The standard InChI is InChI=1S/C18H22N6O/c1-11-9-25-16-7-13(19)6-14-17(16)24(11)18(22-14)23-4-2-12(3-5-23)15-8-20-10-21-15/h6-8,10-12H,2-5,9,19H2,1H3,(H,20,21)/t11-/m0/s1. The van der Waals surface area contributed by atoms with Gasteiger partial charge in [0.1, 0.15) is 17.9 Å². The van der Waals surface area contributed by atoms with Crippen LogP contribution in [0.1, 0.15) is 37.4 Å². The van der Waals surface area contributed by atoms with Gasteiger partial charge in [-0.1, -0.05) is 0 Å². The molecule has 25 heavy (non-hydrogen) atoms. The first-order chi connectivity index (χ1) is 12.2. The molecule has 2 aromatic heterocycles. The summed E-state index contributed by atoms with van der Waals surface area (Å²) in [6, 6.07) is 4.11. The van der Waals surface area contributed by atoms with Crippen LogP contribution >= 0.6 is 0 Å². The van der Waals surface area contributed by atoms with Gasteiger partial charge in [0.2, 0.25) is 5.95 Å². The van der Waals surface area contributed by atoms with Gasteiger partial charge in [0, 0.05) is 42.7 Å². The van der Waals surface area contributed by atoms with Crippen LogP contribution in [0.4, 0.5) is 11.6 Å². The minimum absolute atomic E-state index is 0.265. The van der Waals surface area contributed by atoms with Gasteiger partial charge in [0.25, 0.3) is 0 Å². The minimum Gasteiger partial charge on any atom is -0.489 e. The van der Waals surface area contributed by atoms with Crippen LogP contribution in [-0.2, 0) is 0 Å². The number of ether oxygens (including phenoxy) is 1. The Morgan fingerprint density at radius 1 is 1.28 bits per heavy atom. The van der Waals surface area contributed by atoms with Crippen LogP contribution in [0, 0.1) is 0 Å². The Morgan fingerprint density at radius 2 is 2.12 bits per heavy atom. The number of piperidine rings is 1. The van der Waals surface area contributed by atoms with E-state index in [-0.39, 0.29) is 6.04 Å². The van der Waals surface area contributed by atoms with E-state index >= 15 is 0 Å². The maximum Gasteiger partial charge on any atom is 0.207 e. The van der Waals surface area contributed by atoms with E-state index in [1.165, 1.54) is 5.69 Å². The van der Waals surface area contributed by atoms with Crippen LogP contribution in [-0.4, -0.2) is 39.2 Å². The maximum absolute atomic E-state index is 6.02. The second-order valence-electron chi connectivity index (χ2n) is 7.10. The van der Waals surface area contributed by atoms with Crippen molar-refractivity contribution in [1.29, 1.82) is 0 Å². The zero-order valence-corrected chi connectivity index (χ0v) is 14.3. The number of nitrogens with one attached hydrogen (secondary N) is 1. The number of anilines is 2. The van der Waals surface area contributed by atoms with Gasteiger partial charge in [-0.25, -0.2) is 9.97 Å². The van der Waals surface area contributed by atoms with E-state index in [0.717, 1.165) is 48.7 Å². The molecule has 3 N–H and O–H groups in total. The first-order valence-electron chi connectivity index (χ1n) is 8.88. The van der Waals surface area contributed by atoms with E-state index in [4.69, 9.17) is 15.5 Å². The molecule has 7 nitrogen and oxygen atoms in total. The molecule has 0 radical (unpaired) electrons. The van der Waals surface area contributed by atoms with Gasteiger partial charge in [-0.3, -0.25) is 0 Å². The van der Waals surface area contributed by atoms with Gasteiger partial charge in [-0.2, -0.15) is 0 Å². The molecule has 4 heterocycles. The molecule has 0 unspecified atom stereocenters. The lowest BCUT2D eigenvalue weighted by Gasteiger charge is -2.34. The summed E-state index contributed by atoms with van der Waals surface area (Å²) in [4.78, 5) is 14.7. The number of nitrogen functional groups attached to an aromatic ring is 1. The Bertz CT molecular complexity index is 907. The Labute approximate surface area is 145 Å². The quantitative estimate of drug-likeness (QED) is 0.702. The van der Waals surface area contributed by atoms with Crippen molar-refractivity contribution in [2.24, 2.45) is 0 Å². The molecular weight excluding hydrogens is 316 g/mol. The monoisotopic (exact) mass is 338 g/mol. The summed E-state index contributed by atoms with van der Waals surface area (Å²) >= 11 is 0. The van der Waals surface area contributed by atoms with Crippen LogP contribution < -0.4 is 15.4 Å². The van der Waals surface area contributed by atoms with Crippen molar-refractivity contribution in [3.8, 4) is 5.75 Å². The smallest absolute Gasteiger partial charge is 0.207 e. The predicted molar refractivity (Wildman–Crippen MR) is 97.1 cm³/mol. The molecular formula is C18H22N6O. The molecule has 7 heteroatoms. The fourth-order valence-corrected chi connectivity index (χ4v) is 4.12. The lowest BCUT2D eigenvalue weighted by atomic mass is 9.94. The van der Waals surface area contributed by atoms with Crippen molar-refractivity contribution >= 4 is 22.7 Å². The number of aromatic amines is 1. The summed E-state index contributed by atoms with van der Waals surface area (Å²) in [6.07, 6.45) is 5.92. The van der Waals surface area contributed by atoms with Crippen molar-refractivity contribution < 1.29 is 4.74 Å². The molecule has 1 fully saturated rings. The van der Waals surface area contributed by atoms with Crippen LogP contribution in [0.25, 0.3) is 11.0 Å². The van der Waals surface area contributed by atoms with E-state index in [1.54, 1.807) is 6.33 Å². The van der Waals surface area contributed by atoms with Crippen molar-refractivity contribution in [3.63, 3.8) is 0 Å². The Kier molecular flexibility index (Phi) is 3.16. The third-order valence-corrected chi connectivity index (χ3v) is 5.41. The number of hydrogen-bond donors (Lipinski definition) is 2. The third-order valence-electron chi connectivity index (χ3n) is 5.41. The highest BCUT2D eigenvalue weighted by Crippen LogP contribution is 2.39. The van der Waals surface area contributed by atoms with E-state index in [0.29, 0.717) is 18.2 Å². The Morgan fingerprint density at radius 3 is 2.88 bits per heavy atom. The van der Waals surface area contributed by atoms with Gasteiger partial charge >= 0.3 is 0 Å². The summed E-state index contributed by atoms with van der Waals surface area (Å²) in [7, 11) is 0. The summed E-state index contributed by atoms with van der Waals surface area (Å²) in [5.74, 6) is 2.44. The number of imidazole rings is 2. The predicted octanol–water partition coefficient (Wildman–Crippen LogP) is 2.68. The SMILES string of the molecule is C[C@H]1COc2cc(N)cc3nc(N4CCC(c5cnc[nH]5)CC4)n1c23. The molecule has 1 atom stereocenters. The molecule has 0 aliphatic carbocycles. The first kappa shape index (κ1) is 14.6. The molecule has 1 aromatic carbocycles. The highest BCUT2D eigenvalue weighted by atomic mass is 16.5. The van der Waals surface area contributed by atoms with Crippen molar-refractivity contribution in [2.75, 3.05) is 30.3 Å². The van der Waals surface area contributed by atoms with Crippen LogP contribution in [0.15, 0.2) is 24.7 Å². The second kappa shape index (κ2) is 5.40. The first-order valence-corrected chi connectivity index (χ1v) is 8.88. The van der Waals surface area contributed by atoms with E-state index in [9.17, 15) is 0 Å². The summed E-state index contributed by atoms with van der Waals surface area (Å²) in [5, 5.41) is 0. The second-order valence-corrected chi connectivity index (χ2v) is 7.10. The van der Waals surface area contributed by atoms with Crippen molar-refractivity contribution in [1.82, 2.24) is 19.5 Å². The lowest BCUT2D eigenvalue weighted by molar-refractivity contribution is 0.248. The Hall–Kier alpha value is -2.70. The van der Waals surface area contributed by atoms with Crippen LogP contribution in [0.3, 0.4) is 0 Å². The van der Waals surface area contributed by atoms with Crippen LogP contribution in [0.2, 0.25) is 0 Å². The van der Waals surface area contributed by atoms with Crippen molar-refractivity contribution in [2.45, 2.75) is 31.7 Å². The summed E-state index contributed by atoms with van der Waals surface area (Å²) in [5.41, 5.74) is 9.95. The molecule has 0 bridgehead atoms. The minimum atomic E-state index is 0.265. The average molecular weight is 338 g/mol. The topological polar surface area (TPSA) is 85.0 Å². The average Bonchev–Trinajstić information content (AvgIpc) is 3.27. The zero-order chi connectivity index (χ0) is 17.0. The molecule has 1 saturated heterocycles. The van der Waals surface area contributed by atoms with Gasteiger partial charge in [0.15, 0.2) is 0 Å². The molecule has 0 spiro atoms. The summed E-state index contributed by atoms with van der Waals surface area (Å²) in [6.45, 7) is 4.82. The van der Waals surface area contributed by atoms with E-state index in [2.05, 4.69) is 26.4 Å². The highest BCUT2D eigenvalue weighted by Gasteiger charge is 2.30. The van der Waals surface area contributed by atoms with E-state index in [1.807, 2.05) is 18.3 Å². The zero-order valence-electron chi connectivity index (χ0n) is 14.3. The van der Waals surface area contributed by atoms with Gasteiger partial charge < -0.3 is 24.9 Å². The number of rotatable bonds is 2. The van der Waals surface area contributed by atoms with Gasteiger partial charge in [0.05, 0.1) is 17.9 Å². The molecule has 5 rings (SSSR count). The third kappa shape index (κ3) is 2.26. The van der Waals surface area contributed by atoms with Gasteiger partial charge in [-0.05, 0) is 25.8 Å². The number of aromatic nitrogens is 4. The molecule has 2 aliphatic heterocycles. The molecule has 0 amide bonds. The number of nitrogens with zero attached hydrogens (tertiary/aromatic N) is 4. The highest BCUT2D eigenvalue weighted by molar-refractivity contribution is 5.88. The fraction of sp³-hybridized carbons (Fsp3) is 0.444. The lowest BCUT2D eigenvalue weighted by Crippen LogP contribution is -2.36. The number of H-pyrrole nitrogens is 1. The molecule has 3 aromatic rings. The summed E-state index contributed by atoms with van der Waals surface area (Å²) < 4.78 is 8.21. The normalized spacial score (nSPS) is 20.8. The maximum atomic E-state index is 6.02. The largest absolute Gasteiger partial charge is 0.489 e. The van der Waals surface area contributed by atoms with Crippen LogP contribution in [0.5, 0.6) is 5.75 Å². The Balaban J connectivity index is 1.50. The number of benzene rings is 1. The molecule has 2 aliphatic rings. The molecule has 130 valence electrons. The molecule has 0 saturated carbocycles. The van der Waals surface area contributed by atoms with E-state index < -0.39 is 0 Å².